The molecule has 0 unspecified atom stereocenters. The second kappa shape index (κ2) is 4.67. The van der Waals surface area contributed by atoms with Crippen LogP contribution in [0.2, 0.25) is 0 Å². The number of nitriles is 1. The monoisotopic (exact) mass is 295 g/mol. The molecule has 0 saturated carbocycles. The lowest BCUT2D eigenvalue weighted by atomic mass is 10.2. The summed E-state index contributed by atoms with van der Waals surface area (Å²) in [5.74, 6) is -0.654. The number of halogens is 4. The van der Waals surface area contributed by atoms with Gasteiger partial charge in [-0.3, -0.25) is 0 Å². The summed E-state index contributed by atoms with van der Waals surface area (Å²) in [4.78, 5) is 3.60. The van der Waals surface area contributed by atoms with E-state index in [-0.39, 0.29) is 11.1 Å². The SMILES string of the molecule is N#Cc1nc(Br)c(CN)cc1OC(F)(F)F. The largest absolute Gasteiger partial charge is 0.573 e. The van der Waals surface area contributed by atoms with Crippen LogP contribution in [0.15, 0.2) is 10.7 Å². The molecule has 0 spiro atoms. The minimum atomic E-state index is -4.87. The molecule has 4 nitrogen and oxygen atoms in total. The van der Waals surface area contributed by atoms with Crippen LogP contribution in [-0.2, 0) is 6.54 Å². The third-order valence-electron chi connectivity index (χ3n) is 1.57. The molecule has 8 heteroatoms. The Morgan fingerprint density at radius 1 is 1.56 bits per heavy atom. The second-order valence-electron chi connectivity index (χ2n) is 2.65. The maximum atomic E-state index is 12.0. The first kappa shape index (κ1) is 12.7. The number of pyridine rings is 1. The first-order chi connectivity index (χ1) is 7.37. The van der Waals surface area contributed by atoms with Gasteiger partial charge in [-0.25, -0.2) is 4.98 Å². The average molecular weight is 296 g/mol. The lowest BCUT2D eigenvalue weighted by Crippen LogP contribution is -2.18. The van der Waals surface area contributed by atoms with Crippen molar-refractivity contribution in [2.45, 2.75) is 12.9 Å². The number of nitrogens with zero attached hydrogens (tertiary/aromatic N) is 2. The van der Waals surface area contributed by atoms with Gasteiger partial charge in [-0.15, -0.1) is 13.2 Å². The predicted molar refractivity (Wildman–Crippen MR) is 51.2 cm³/mol. The Morgan fingerprint density at radius 2 is 2.19 bits per heavy atom. The Hall–Kier alpha value is -1.33. The number of hydrogen-bond donors (Lipinski definition) is 1. The molecule has 0 saturated heterocycles. The van der Waals surface area contributed by atoms with E-state index in [9.17, 15) is 13.2 Å². The van der Waals surface area contributed by atoms with Crippen molar-refractivity contribution < 1.29 is 17.9 Å². The molecule has 0 aliphatic rings. The highest BCUT2D eigenvalue weighted by Crippen LogP contribution is 2.28. The van der Waals surface area contributed by atoms with Crippen LogP contribution in [-0.4, -0.2) is 11.3 Å². The third kappa shape index (κ3) is 3.08. The summed E-state index contributed by atoms with van der Waals surface area (Å²) >= 11 is 2.98. The van der Waals surface area contributed by atoms with Crippen molar-refractivity contribution in [3.8, 4) is 11.8 Å². The molecule has 1 heterocycles. The third-order valence-corrected chi connectivity index (χ3v) is 2.25. The topological polar surface area (TPSA) is 71.9 Å². The standard InChI is InChI=1S/C8H5BrF3N3O/c9-7-4(2-13)1-6(5(3-14)15-7)16-8(10,11)12/h1H,2,13H2. The molecule has 0 bridgehead atoms. The van der Waals surface area contributed by atoms with Gasteiger partial charge in [-0.05, 0) is 22.0 Å². The Bertz CT molecular complexity index is 441. The van der Waals surface area contributed by atoms with E-state index < -0.39 is 17.8 Å². The molecule has 0 fully saturated rings. The molecule has 86 valence electrons. The van der Waals surface area contributed by atoms with Crippen molar-refractivity contribution in [3.63, 3.8) is 0 Å². The quantitative estimate of drug-likeness (QED) is 0.848. The summed E-state index contributed by atoms with van der Waals surface area (Å²) < 4.78 is 39.9. The highest BCUT2D eigenvalue weighted by atomic mass is 79.9. The summed E-state index contributed by atoms with van der Waals surface area (Å²) in [6, 6.07) is 2.53. The minimum Gasteiger partial charge on any atom is -0.403 e. The van der Waals surface area contributed by atoms with E-state index in [1.165, 1.54) is 6.07 Å². The fraction of sp³-hybridized carbons (Fsp3) is 0.250. The first-order valence-electron chi connectivity index (χ1n) is 3.92. The molecule has 0 aromatic carbocycles. The predicted octanol–water partition coefficient (Wildman–Crippen LogP) is 2.07. The van der Waals surface area contributed by atoms with Crippen LogP contribution in [0.1, 0.15) is 11.3 Å². The molecule has 16 heavy (non-hydrogen) atoms. The molecule has 0 radical (unpaired) electrons. The van der Waals surface area contributed by atoms with E-state index in [1.54, 1.807) is 0 Å². The number of rotatable bonds is 2. The van der Waals surface area contributed by atoms with Crippen LogP contribution in [0.5, 0.6) is 5.75 Å². The summed E-state index contributed by atoms with van der Waals surface area (Å²) in [6.45, 7) is -0.0203. The minimum absolute atomic E-state index is 0.0203. The van der Waals surface area contributed by atoms with Gasteiger partial charge in [0, 0.05) is 12.1 Å². The zero-order valence-electron chi connectivity index (χ0n) is 7.68. The smallest absolute Gasteiger partial charge is 0.403 e. The van der Waals surface area contributed by atoms with Gasteiger partial charge in [0.2, 0.25) is 0 Å². The van der Waals surface area contributed by atoms with E-state index in [0.29, 0.717) is 5.56 Å². The van der Waals surface area contributed by atoms with Crippen LogP contribution in [0.3, 0.4) is 0 Å². The molecular weight excluding hydrogens is 291 g/mol. The van der Waals surface area contributed by atoms with E-state index >= 15 is 0 Å². The molecule has 0 atom stereocenters. The number of nitrogens with two attached hydrogens (primary N) is 1. The fourth-order valence-corrected chi connectivity index (χ4v) is 1.39. The van der Waals surface area contributed by atoms with Crippen LogP contribution in [0, 0.1) is 11.3 Å². The average Bonchev–Trinajstić information content (AvgIpc) is 2.18. The molecule has 0 aliphatic carbocycles. The van der Waals surface area contributed by atoms with E-state index in [2.05, 4.69) is 25.7 Å². The van der Waals surface area contributed by atoms with Crippen molar-refractivity contribution in [2.75, 3.05) is 0 Å². The van der Waals surface area contributed by atoms with Crippen LogP contribution in [0.4, 0.5) is 13.2 Å². The highest BCUT2D eigenvalue weighted by Gasteiger charge is 2.32. The van der Waals surface area contributed by atoms with Crippen molar-refractivity contribution in [2.24, 2.45) is 5.73 Å². The zero-order chi connectivity index (χ0) is 12.3. The summed E-state index contributed by atoms with van der Waals surface area (Å²) in [5, 5.41) is 8.59. The van der Waals surface area contributed by atoms with E-state index in [1.807, 2.05) is 0 Å². The van der Waals surface area contributed by atoms with Crippen LogP contribution >= 0.6 is 15.9 Å². The lowest BCUT2D eigenvalue weighted by Gasteiger charge is -2.11. The normalized spacial score (nSPS) is 11.0. The van der Waals surface area contributed by atoms with Crippen molar-refractivity contribution in [1.82, 2.24) is 4.98 Å². The van der Waals surface area contributed by atoms with Gasteiger partial charge < -0.3 is 10.5 Å². The summed E-state index contributed by atoms with van der Waals surface area (Å²) in [6.07, 6.45) is -4.87. The van der Waals surface area contributed by atoms with Gasteiger partial charge in [-0.1, -0.05) is 0 Å². The maximum absolute atomic E-state index is 12.0. The van der Waals surface area contributed by atoms with Crippen molar-refractivity contribution in [3.05, 3.63) is 21.9 Å². The number of ether oxygens (including phenoxy) is 1. The zero-order valence-corrected chi connectivity index (χ0v) is 9.26. The lowest BCUT2D eigenvalue weighted by molar-refractivity contribution is -0.274. The van der Waals surface area contributed by atoms with Crippen LogP contribution < -0.4 is 10.5 Å². The van der Waals surface area contributed by atoms with Gasteiger partial charge in [0.25, 0.3) is 0 Å². The van der Waals surface area contributed by atoms with Crippen molar-refractivity contribution >= 4 is 15.9 Å². The maximum Gasteiger partial charge on any atom is 0.573 e. The molecule has 0 amide bonds. The number of hydrogen-bond acceptors (Lipinski definition) is 4. The Kier molecular flexibility index (Phi) is 3.72. The van der Waals surface area contributed by atoms with Gasteiger partial charge in [0.1, 0.15) is 10.7 Å². The highest BCUT2D eigenvalue weighted by molar-refractivity contribution is 9.10. The number of alkyl halides is 3. The molecule has 1 aromatic heterocycles. The molecule has 0 aliphatic heterocycles. The van der Waals surface area contributed by atoms with Gasteiger partial charge in [0.15, 0.2) is 11.4 Å². The Balaban J connectivity index is 3.21. The second-order valence-corrected chi connectivity index (χ2v) is 3.40. The summed E-state index contributed by atoms with van der Waals surface area (Å²) in [5.41, 5.74) is 5.15. The van der Waals surface area contributed by atoms with E-state index in [4.69, 9.17) is 11.0 Å². The van der Waals surface area contributed by atoms with Crippen LogP contribution in [0.25, 0.3) is 0 Å². The van der Waals surface area contributed by atoms with Gasteiger partial charge in [0.05, 0.1) is 0 Å². The van der Waals surface area contributed by atoms with E-state index in [0.717, 1.165) is 6.07 Å². The molecule has 1 aromatic rings. The molecule has 1 rings (SSSR count). The van der Waals surface area contributed by atoms with Gasteiger partial charge >= 0.3 is 6.36 Å². The molecular formula is C8H5BrF3N3O. The van der Waals surface area contributed by atoms with Gasteiger partial charge in [-0.2, -0.15) is 5.26 Å². The number of aromatic nitrogens is 1. The Labute approximate surface area is 97.0 Å². The molecule has 2 N–H and O–H groups in total. The summed E-state index contributed by atoms with van der Waals surface area (Å²) in [7, 11) is 0. The first-order valence-corrected chi connectivity index (χ1v) is 4.72. The Morgan fingerprint density at radius 3 is 2.62 bits per heavy atom. The fourth-order valence-electron chi connectivity index (χ4n) is 0.937. The van der Waals surface area contributed by atoms with Crippen molar-refractivity contribution in [1.29, 1.82) is 5.26 Å².